The van der Waals surface area contributed by atoms with E-state index in [1.54, 1.807) is 0 Å². The maximum Gasteiger partial charge on any atom is 0.104 e. The number of hydrogen-bond acceptors (Lipinski definition) is 5. The molecule has 0 aliphatic rings. The number of aliphatic hydroxyl groups excluding tert-OH is 3. The largest absolute Gasteiger partial charge is 0.394 e. The fourth-order valence-corrected chi connectivity index (χ4v) is 0.378. The first kappa shape index (κ1) is 8.80. The molecule has 56 valence electrons. The van der Waals surface area contributed by atoms with Crippen molar-refractivity contribution in [1.29, 1.82) is 0 Å². The molecule has 0 spiro atoms. The summed E-state index contributed by atoms with van der Waals surface area (Å²) in [6.07, 6.45) is -2.11. The van der Waals surface area contributed by atoms with Crippen molar-refractivity contribution in [2.24, 2.45) is 5.84 Å². The van der Waals surface area contributed by atoms with Crippen LogP contribution in [0.1, 0.15) is 0 Å². The monoisotopic (exact) mass is 136 g/mol. The number of hydrazine groups is 1. The van der Waals surface area contributed by atoms with E-state index in [4.69, 9.17) is 21.2 Å². The number of hydrogen-bond donors (Lipinski definition) is 5. The molecule has 2 atom stereocenters. The highest BCUT2D eigenvalue weighted by atomic mass is 16.4. The van der Waals surface area contributed by atoms with E-state index in [9.17, 15) is 0 Å². The van der Waals surface area contributed by atoms with Crippen LogP contribution in [0, 0.1) is 0 Å². The Hall–Kier alpha value is -0.200. The topological polar surface area (TPSA) is 98.7 Å². The molecule has 0 rings (SSSR count). The van der Waals surface area contributed by atoms with Crippen molar-refractivity contribution in [2.75, 3.05) is 13.2 Å². The van der Waals surface area contributed by atoms with E-state index in [0.29, 0.717) is 0 Å². The minimum Gasteiger partial charge on any atom is -0.394 e. The van der Waals surface area contributed by atoms with Gasteiger partial charge < -0.3 is 15.3 Å². The van der Waals surface area contributed by atoms with Crippen molar-refractivity contribution in [3.05, 3.63) is 0 Å². The molecule has 9 heavy (non-hydrogen) atoms. The van der Waals surface area contributed by atoms with Crippen LogP contribution >= 0.6 is 0 Å². The average molecular weight is 136 g/mol. The Morgan fingerprint density at radius 3 is 2.22 bits per heavy atom. The molecule has 0 aromatic carbocycles. The number of aliphatic hydroxyl groups is 3. The van der Waals surface area contributed by atoms with Gasteiger partial charge in [-0.2, -0.15) is 0 Å². The number of nitrogens with two attached hydrogens (primary N) is 1. The van der Waals surface area contributed by atoms with E-state index in [1.807, 2.05) is 0 Å². The smallest absolute Gasteiger partial charge is 0.104 e. The summed E-state index contributed by atoms with van der Waals surface area (Å²) in [5, 5.41) is 25.7. The Kier molecular flexibility index (Phi) is 4.55. The molecule has 2 unspecified atom stereocenters. The molecular formula is C4H12N2O3. The van der Waals surface area contributed by atoms with Crippen molar-refractivity contribution < 1.29 is 15.3 Å². The number of rotatable bonds is 4. The summed E-state index contributed by atoms with van der Waals surface area (Å²) >= 11 is 0. The van der Waals surface area contributed by atoms with E-state index in [0.717, 1.165) is 0 Å². The van der Waals surface area contributed by atoms with Crippen LogP contribution in [0.15, 0.2) is 0 Å². The molecular weight excluding hydrogens is 124 g/mol. The standard InChI is InChI=1S/C4H12N2O3/c5-6-1-3(8)4(9)2-7/h3-4,6-9H,1-2,5H2. The summed E-state index contributed by atoms with van der Waals surface area (Å²) in [7, 11) is 0. The third kappa shape index (κ3) is 3.39. The molecule has 0 heterocycles. The van der Waals surface area contributed by atoms with Gasteiger partial charge in [-0.05, 0) is 0 Å². The minimum absolute atomic E-state index is 0.0712. The average Bonchev–Trinajstić information content (AvgIpc) is 1.87. The Labute approximate surface area is 53.1 Å². The molecule has 0 amide bonds. The van der Waals surface area contributed by atoms with E-state index in [-0.39, 0.29) is 6.54 Å². The van der Waals surface area contributed by atoms with Crippen LogP contribution in [-0.2, 0) is 0 Å². The molecule has 0 fully saturated rings. The van der Waals surface area contributed by atoms with Crippen molar-refractivity contribution in [3.8, 4) is 0 Å². The van der Waals surface area contributed by atoms with E-state index >= 15 is 0 Å². The molecule has 0 aromatic rings. The first-order valence-corrected chi connectivity index (χ1v) is 2.62. The summed E-state index contributed by atoms with van der Waals surface area (Å²) in [4.78, 5) is 0. The lowest BCUT2D eigenvalue weighted by Gasteiger charge is -2.13. The lowest BCUT2D eigenvalue weighted by Crippen LogP contribution is -2.40. The summed E-state index contributed by atoms with van der Waals surface area (Å²) in [5.41, 5.74) is 2.16. The number of nitrogens with one attached hydrogen (secondary N) is 1. The van der Waals surface area contributed by atoms with Crippen molar-refractivity contribution in [2.45, 2.75) is 12.2 Å². The minimum atomic E-state index is -1.11. The summed E-state index contributed by atoms with van der Waals surface area (Å²) in [6, 6.07) is 0. The van der Waals surface area contributed by atoms with Crippen molar-refractivity contribution in [3.63, 3.8) is 0 Å². The zero-order valence-corrected chi connectivity index (χ0v) is 4.99. The Bertz CT molecular complexity index is 70.8. The molecule has 0 aliphatic carbocycles. The molecule has 0 radical (unpaired) electrons. The lowest BCUT2D eigenvalue weighted by molar-refractivity contribution is -0.0127. The fourth-order valence-electron chi connectivity index (χ4n) is 0.378. The second-order valence-electron chi connectivity index (χ2n) is 1.73. The summed E-state index contributed by atoms with van der Waals surface area (Å²) < 4.78 is 0. The highest BCUT2D eigenvalue weighted by molar-refractivity contribution is 4.66. The predicted octanol–water partition coefficient (Wildman–Crippen LogP) is -2.84. The Morgan fingerprint density at radius 1 is 1.33 bits per heavy atom. The summed E-state index contributed by atoms with van der Waals surface area (Å²) in [6.45, 7) is -0.384. The van der Waals surface area contributed by atoms with Gasteiger partial charge >= 0.3 is 0 Å². The van der Waals surface area contributed by atoms with Gasteiger partial charge in [-0.1, -0.05) is 0 Å². The van der Waals surface area contributed by atoms with E-state index in [2.05, 4.69) is 5.43 Å². The van der Waals surface area contributed by atoms with Gasteiger partial charge in [0.2, 0.25) is 0 Å². The van der Waals surface area contributed by atoms with Crippen molar-refractivity contribution in [1.82, 2.24) is 5.43 Å². The van der Waals surface area contributed by atoms with E-state index < -0.39 is 18.8 Å². The first-order valence-electron chi connectivity index (χ1n) is 2.62. The Balaban J connectivity index is 3.32. The van der Waals surface area contributed by atoms with E-state index in [1.165, 1.54) is 0 Å². The highest BCUT2D eigenvalue weighted by Gasteiger charge is 2.12. The second kappa shape index (κ2) is 4.66. The van der Waals surface area contributed by atoms with Crippen LogP contribution in [-0.4, -0.2) is 40.7 Å². The first-order chi connectivity index (χ1) is 4.22. The third-order valence-electron chi connectivity index (χ3n) is 0.958. The van der Waals surface area contributed by atoms with Gasteiger partial charge in [-0.3, -0.25) is 11.3 Å². The molecule has 0 aliphatic heterocycles. The van der Waals surface area contributed by atoms with Crippen LogP contribution in [0.4, 0.5) is 0 Å². The maximum atomic E-state index is 8.77. The molecule has 5 nitrogen and oxygen atoms in total. The maximum absolute atomic E-state index is 8.77. The molecule has 5 heteroatoms. The second-order valence-corrected chi connectivity index (χ2v) is 1.73. The van der Waals surface area contributed by atoms with Gasteiger partial charge in [0.1, 0.15) is 6.10 Å². The molecule has 6 N–H and O–H groups in total. The van der Waals surface area contributed by atoms with Crippen LogP contribution in [0.2, 0.25) is 0 Å². The third-order valence-corrected chi connectivity index (χ3v) is 0.958. The zero-order chi connectivity index (χ0) is 7.28. The highest BCUT2D eigenvalue weighted by Crippen LogP contribution is 1.88. The van der Waals surface area contributed by atoms with Crippen LogP contribution in [0.3, 0.4) is 0 Å². The fraction of sp³-hybridized carbons (Fsp3) is 1.00. The van der Waals surface area contributed by atoms with Gasteiger partial charge in [-0.15, -0.1) is 0 Å². The SMILES string of the molecule is NNCC(O)C(O)CO. The summed E-state index contributed by atoms with van der Waals surface area (Å²) in [5.74, 6) is 4.82. The van der Waals surface area contributed by atoms with Crippen molar-refractivity contribution >= 4 is 0 Å². The molecule has 0 saturated carbocycles. The quantitative estimate of drug-likeness (QED) is 0.212. The lowest BCUT2D eigenvalue weighted by atomic mass is 10.2. The Morgan fingerprint density at radius 2 is 1.89 bits per heavy atom. The van der Waals surface area contributed by atoms with Gasteiger partial charge in [0.15, 0.2) is 0 Å². The van der Waals surface area contributed by atoms with Gasteiger partial charge in [0.05, 0.1) is 12.7 Å². The van der Waals surface area contributed by atoms with Crippen LogP contribution in [0.25, 0.3) is 0 Å². The predicted molar refractivity (Wildman–Crippen MR) is 31.3 cm³/mol. The zero-order valence-electron chi connectivity index (χ0n) is 4.99. The van der Waals surface area contributed by atoms with Gasteiger partial charge in [-0.25, -0.2) is 0 Å². The molecule has 0 aromatic heterocycles. The molecule has 0 saturated heterocycles. The van der Waals surface area contributed by atoms with Gasteiger partial charge in [0, 0.05) is 6.54 Å². The van der Waals surface area contributed by atoms with Crippen LogP contribution < -0.4 is 11.3 Å². The van der Waals surface area contributed by atoms with Crippen LogP contribution in [0.5, 0.6) is 0 Å². The molecule has 0 bridgehead atoms. The van der Waals surface area contributed by atoms with Gasteiger partial charge in [0.25, 0.3) is 0 Å². The normalized spacial score (nSPS) is 17.3.